The van der Waals surface area contributed by atoms with Gasteiger partial charge in [0, 0.05) is 18.7 Å². The van der Waals surface area contributed by atoms with E-state index in [1.165, 1.54) is 0 Å². The van der Waals surface area contributed by atoms with E-state index in [2.05, 4.69) is 17.0 Å². The van der Waals surface area contributed by atoms with Crippen LogP contribution in [-0.4, -0.2) is 35.5 Å². The Bertz CT molecular complexity index is 817. The summed E-state index contributed by atoms with van der Waals surface area (Å²) in [5.41, 5.74) is 1.71. The summed E-state index contributed by atoms with van der Waals surface area (Å²) in [5, 5.41) is 10.4. The van der Waals surface area contributed by atoms with Crippen LogP contribution in [0.1, 0.15) is 21.7 Å². The number of ether oxygens (including phenoxy) is 1. The number of furan rings is 1. The van der Waals surface area contributed by atoms with Gasteiger partial charge < -0.3 is 14.3 Å². The molecule has 3 aromatic rings. The van der Waals surface area contributed by atoms with E-state index in [0.29, 0.717) is 30.9 Å². The van der Waals surface area contributed by atoms with E-state index in [1.807, 2.05) is 30.3 Å². The molecule has 0 saturated carbocycles. The fourth-order valence-electron chi connectivity index (χ4n) is 2.87. The van der Waals surface area contributed by atoms with Crippen LogP contribution in [0, 0.1) is 0 Å². The lowest BCUT2D eigenvalue weighted by molar-refractivity contribution is 0.0604. The van der Waals surface area contributed by atoms with E-state index in [0.717, 1.165) is 17.6 Å². The molecule has 0 aliphatic heterocycles. The molecule has 0 saturated heterocycles. The second-order valence-electron chi connectivity index (χ2n) is 6.39. The van der Waals surface area contributed by atoms with E-state index < -0.39 is 6.10 Å². The topological polar surface area (TPSA) is 62.9 Å². The molecule has 1 unspecified atom stereocenters. The molecular formula is C22H23NO4. The van der Waals surface area contributed by atoms with Gasteiger partial charge in [-0.2, -0.15) is 0 Å². The normalized spacial score (nSPS) is 12.1. The van der Waals surface area contributed by atoms with Gasteiger partial charge in [-0.1, -0.05) is 42.5 Å². The lowest BCUT2D eigenvalue weighted by Crippen LogP contribution is -2.35. The second-order valence-corrected chi connectivity index (χ2v) is 6.39. The average molecular weight is 365 g/mol. The number of aliphatic hydroxyl groups is 1. The third-order valence-corrected chi connectivity index (χ3v) is 4.11. The van der Waals surface area contributed by atoms with Crippen molar-refractivity contribution in [2.45, 2.75) is 19.2 Å². The van der Waals surface area contributed by atoms with Gasteiger partial charge in [0.05, 0.1) is 12.8 Å². The van der Waals surface area contributed by atoms with Crippen molar-refractivity contribution >= 4 is 6.29 Å². The minimum absolute atomic E-state index is 0.145. The molecule has 0 aliphatic carbocycles. The average Bonchev–Trinajstić information content (AvgIpc) is 3.20. The molecule has 27 heavy (non-hydrogen) atoms. The predicted molar refractivity (Wildman–Crippen MR) is 103 cm³/mol. The number of aldehydes is 1. The van der Waals surface area contributed by atoms with Gasteiger partial charge in [-0.3, -0.25) is 9.69 Å². The van der Waals surface area contributed by atoms with Crippen LogP contribution < -0.4 is 4.74 Å². The number of aliphatic hydroxyl groups excluding tert-OH is 1. The minimum atomic E-state index is -0.677. The molecule has 1 N–H and O–H groups in total. The number of nitrogens with zero attached hydrogens (tertiary/aromatic N) is 1. The molecule has 140 valence electrons. The Kier molecular flexibility index (Phi) is 6.79. The highest BCUT2D eigenvalue weighted by Crippen LogP contribution is 2.14. The Morgan fingerprint density at radius 2 is 1.89 bits per heavy atom. The van der Waals surface area contributed by atoms with E-state index in [4.69, 9.17) is 9.15 Å². The Morgan fingerprint density at radius 1 is 1.04 bits per heavy atom. The fourth-order valence-corrected chi connectivity index (χ4v) is 2.87. The van der Waals surface area contributed by atoms with Crippen LogP contribution in [0.2, 0.25) is 0 Å². The van der Waals surface area contributed by atoms with Crippen LogP contribution in [0.5, 0.6) is 5.75 Å². The monoisotopic (exact) mass is 365 g/mol. The Hall–Kier alpha value is -2.89. The third-order valence-electron chi connectivity index (χ3n) is 4.11. The summed E-state index contributed by atoms with van der Waals surface area (Å²) in [5.74, 6) is 1.41. The van der Waals surface area contributed by atoms with Crippen LogP contribution in [0.3, 0.4) is 0 Å². The largest absolute Gasteiger partial charge is 0.491 e. The Morgan fingerprint density at radius 3 is 2.63 bits per heavy atom. The van der Waals surface area contributed by atoms with Gasteiger partial charge in [-0.05, 0) is 29.8 Å². The molecule has 0 spiro atoms. The van der Waals surface area contributed by atoms with Crippen molar-refractivity contribution in [2.24, 2.45) is 0 Å². The van der Waals surface area contributed by atoms with Crippen molar-refractivity contribution in [1.29, 1.82) is 0 Å². The van der Waals surface area contributed by atoms with Gasteiger partial charge in [0.1, 0.15) is 30.5 Å². The third kappa shape index (κ3) is 6.09. The molecule has 0 bridgehead atoms. The summed E-state index contributed by atoms with van der Waals surface area (Å²) in [6, 6.07) is 20.8. The van der Waals surface area contributed by atoms with Crippen LogP contribution >= 0.6 is 0 Å². The number of hydrogen-bond acceptors (Lipinski definition) is 5. The highest BCUT2D eigenvalue weighted by Gasteiger charge is 2.15. The highest BCUT2D eigenvalue weighted by molar-refractivity contribution is 5.75. The lowest BCUT2D eigenvalue weighted by Gasteiger charge is -2.24. The van der Waals surface area contributed by atoms with Crippen LogP contribution in [0.15, 0.2) is 77.4 Å². The van der Waals surface area contributed by atoms with Gasteiger partial charge in [0.2, 0.25) is 0 Å². The summed E-state index contributed by atoms with van der Waals surface area (Å²) in [7, 11) is 0. The standard InChI is InChI=1S/C22H23NO4/c24-16-19-8-4-9-21(12-19)27-17-20(25)14-23(15-22-10-5-11-26-22)13-18-6-2-1-3-7-18/h1-12,16,20,25H,13-15,17H2. The van der Waals surface area contributed by atoms with E-state index in [-0.39, 0.29) is 6.61 Å². The molecular weight excluding hydrogens is 342 g/mol. The molecule has 5 nitrogen and oxygen atoms in total. The number of hydrogen-bond donors (Lipinski definition) is 1. The van der Waals surface area contributed by atoms with E-state index >= 15 is 0 Å². The molecule has 1 atom stereocenters. The first-order valence-electron chi connectivity index (χ1n) is 8.87. The van der Waals surface area contributed by atoms with Crippen molar-refractivity contribution in [1.82, 2.24) is 4.90 Å². The first kappa shape index (κ1) is 18.9. The Labute approximate surface area is 158 Å². The van der Waals surface area contributed by atoms with Gasteiger partial charge in [-0.15, -0.1) is 0 Å². The maximum Gasteiger partial charge on any atom is 0.150 e. The highest BCUT2D eigenvalue weighted by atomic mass is 16.5. The minimum Gasteiger partial charge on any atom is -0.491 e. The Balaban J connectivity index is 1.58. The molecule has 0 aliphatic rings. The second kappa shape index (κ2) is 9.71. The summed E-state index contributed by atoms with van der Waals surface area (Å²) in [6.07, 6.45) is 1.74. The molecule has 5 heteroatoms. The first-order chi connectivity index (χ1) is 13.2. The van der Waals surface area contributed by atoms with Gasteiger partial charge in [-0.25, -0.2) is 0 Å². The summed E-state index contributed by atoms with van der Waals surface area (Å²) in [4.78, 5) is 13.0. The van der Waals surface area contributed by atoms with E-state index in [1.54, 1.807) is 30.5 Å². The van der Waals surface area contributed by atoms with Crippen LogP contribution in [0.4, 0.5) is 0 Å². The van der Waals surface area contributed by atoms with Crippen LogP contribution in [0.25, 0.3) is 0 Å². The molecule has 0 amide bonds. The smallest absolute Gasteiger partial charge is 0.150 e. The number of carbonyl (C=O) groups excluding carboxylic acids is 1. The lowest BCUT2D eigenvalue weighted by atomic mass is 10.2. The summed E-state index contributed by atoms with van der Waals surface area (Å²) in [6.45, 7) is 1.87. The SMILES string of the molecule is O=Cc1cccc(OCC(O)CN(Cc2ccccc2)Cc2ccco2)c1. The van der Waals surface area contributed by atoms with Crippen molar-refractivity contribution in [3.8, 4) is 5.75 Å². The van der Waals surface area contributed by atoms with Gasteiger partial charge in [0.15, 0.2) is 0 Å². The maximum atomic E-state index is 10.8. The maximum absolute atomic E-state index is 10.8. The van der Waals surface area contributed by atoms with Crippen molar-refractivity contribution in [3.63, 3.8) is 0 Å². The zero-order valence-corrected chi connectivity index (χ0v) is 15.0. The molecule has 1 aromatic heterocycles. The first-order valence-corrected chi connectivity index (χ1v) is 8.87. The van der Waals surface area contributed by atoms with Crippen molar-refractivity contribution in [3.05, 3.63) is 89.9 Å². The van der Waals surface area contributed by atoms with Gasteiger partial charge in [0.25, 0.3) is 0 Å². The number of carbonyl (C=O) groups is 1. The van der Waals surface area contributed by atoms with E-state index in [9.17, 15) is 9.90 Å². The quantitative estimate of drug-likeness (QED) is 0.557. The number of rotatable bonds is 10. The molecule has 3 rings (SSSR count). The fraction of sp³-hybridized carbons (Fsp3) is 0.227. The summed E-state index contributed by atoms with van der Waals surface area (Å²) < 4.78 is 11.1. The number of benzene rings is 2. The molecule has 0 radical (unpaired) electrons. The predicted octanol–water partition coefficient (Wildman–Crippen LogP) is 3.53. The zero-order valence-electron chi connectivity index (χ0n) is 15.0. The molecule has 2 aromatic carbocycles. The van der Waals surface area contributed by atoms with Crippen molar-refractivity contribution in [2.75, 3.05) is 13.2 Å². The zero-order chi connectivity index (χ0) is 18.9. The van der Waals surface area contributed by atoms with Crippen molar-refractivity contribution < 1.29 is 19.1 Å². The molecule has 1 heterocycles. The van der Waals surface area contributed by atoms with Crippen LogP contribution in [-0.2, 0) is 13.1 Å². The molecule has 0 fully saturated rings. The summed E-state index contributed by atoms with van der Waals surface area (Å²) >= 11 is 0. The van der Waals surface area contributed by atoms with Gasteiger partial charge >= 0.3 is 0 Å².